The molecule has 4 rings (SSSR count). The van der Waals surface area contributed by atoms with E-state index in [0.717, 1.165) is 18.5 Å². The second kappa shape index (κ2) is 7.40. The molecule has 132 valence electrons. The highest BCUT2D eigenvalue weighted by molar-refractivity contribution is 5.82. The predicted molar refractivity (Wildman–Crippen MR) is 96.9 cm³/mol. The van der Waals surface area contributed by atoms with Crippen LogP contribution >= 0.6 is 0 Å². The standard InChI is InChI=1S/C20H26N4O/c25-20(19-10-17-8-4-5-9-18(17)23-19)21-11-16-12-22-24(14-16)13-15-6-2-1-3-7-15/h1-3,6-7,12,14,17-19,23H,4-5,8-11,13H2,(H,21,25). The molecule has 2 aliphatic rings. The first-order valence-electron chi connectivity index (χ1n) is 9.37. The number of nitrogens with one attached hydrogen (secondary N) is 2. The molecule has 0 radical (unpaired) electrons. The minimum Gasteiger partial charge on any atom is -0.351 e. The maximum absolute atomic E-state index is 12.5. The van der Waals surface area contributed by atoms with Gasteiger partial charge in [0.2, 0.25) is 5.91 Å². The van der Waals surface area contributed by atoms with Crippen molar-refractivity contribution in [1.82, 2.24) is 20.4 Å². The zero-order chi connectivity index (χ0) is 17.1. The largest absolute Gasteiger partial charge is 0.351 e. The van der Waals surface area contributed by atoms with Crippen molar-refractivity contribution in [2.24, 2.45) is 5.92 Å². The van der Waals surface area contributed by atoms with E-state index in [2.05, 4.69) is 27.9 Å². The number of carbonyl (C=O) groups excluding carboxylic acids is 1. The molecule has 2 fully saturated rings. The summed E-state index contributed by atoms with van der Waals surface area (Å²) in [4.78, 5) is 12.5. The third kappa shape index (κ3) is 3.93. The van der Waals surface area contributed by atoms with Crippen molar-refractivity contribution in [3.63, 3.8) is 0 Å². The summed E-state index contributed by atoms with van der Waals surface area (Å²) >= 11 is 0. The number of hydrogen-bond donors (Lipinski definition) is 2. The van der Waals surface area contributed by atoms with Gasteiger partial charge in [-0.1, -0.05) is 43.2 Å². The average Bonchev–Trinajstić information content (AvgIpc) is 3.27. The average molecular weight is 338 g/mol. The predicted octanol–water partition coefficient (Wildman–Crippen LogP) is 2.47. The highest BCUT2D eigenvalue weighted by Gasteiger charge is 2.37. The van der Waals surface area contributed by atoms with Crippen molar-refractivity contribution in [3.8, 4) is 0 Å². The summed E-state index contributed by atoms with van der Waals surface area (Å²) < 4.78 is 1.92. The van der Waals surface area contributed by atoms with Gasteiger partial charge in [-0.2, -0.15) is 5.10 Å². The Balaban J connectivity index is 1.28. The Bertz CT molecular complexity index is 697. The first kappa shape index (κ1) is 16.3. The number of benzene rings is 1. The van der Waals surface area contributed by atoms with Crippen LogP contribution in [0.3, 0.4) is 0 Å². The van der Waals surface area contributed by atoms with E-state index in [1.807, 2.05) is 35.3 Å². The Hall–Kier alpha value is -2.14. The number of carbonyl (C=O) groups is 1. The summed E-state index contributed by atoms with van der Waals surface area (Å²) in [7, 11) is 0. The molecule has 25 heavy (non-hydrogen) atoms. The molecule has 2 N–H and O–H groups in total. The van der Waals surface area contributed by atoms with Gasteiger partial charge in [0.25, 0.3) is 0 Å². The molecule has 1 amide bonds. The first-order chi connectivity index (χ1) is 12.3. The van der Waals surface area contributed by atoms with Crippen molar-refractivity contribution >= 4 is 5.91 Å². The Morgan fingerprint density at radius 2 is 2.04 bits per heavy atom. The van der Waals surface area contributed by atoms with E-state index in [9.17, 15) is 4.79 Å². The van der Waals surface area contributed by atoms with Crippen LogP contribution in [0.4, 0.5) is 0 Å². The van der Waals surface area contributed by atoms with Crippen LogP contribution in [-0.4, -0.2) is 27.8 Å². The van der Waals surface area contributed by atoms with E-state index in [1.165, 1.54) is 31.2 Å². The maximum atomic E-state index is 12.5. The fourth-order valence-corrected chi connectivity index (χ4v) is 4.19. The Morgan fingerprint density at radius 1 is 1.20 bits per heavy atom. The number of amides is 1. The summed E-state index contributed by atoms with van der Waals surface area (Å²) in [6, 6.07) is 10.8. The first-order valence-corrected chi connectivity index (χ1v) is 9.37. The molecular weight excluding hydrogens is 312 g/mol. The van der Waals surface area contributed by atoms with E-state index in [1.54, 1.807) is 0 Å². The van der Waals surface area contributed by atoms with E-state index in [4.69, 9.17) is 0 Å². The van der Waals surface area contributed by atoms with E-state index in [-0.39, 0.29) is 11.9 Å². The van der Waals surface area contributed by atoms with Gasteiger partial charge in [-0.15, -0.1) is 0 Å². The van der Waals surface area contributed by atoms with Crippen LogP contribution in [-0.2, 0) is 17.9 Å². The van der Waals surface area contributed by atoms with Gasteiger partial charge in [0, 0.05) is 24.3 Å². The molecule has 2 heterocycles. The fourth-order valence-electron chi connectivity index (χ4n) is 4.19. The molecule has 2 aromatic rings. The van der Waals surface area contributed by atoms with Crippen molar-refractivity contribution in [2.45, 2.75) is 57.3 Å². The molecule has 1 aromatic heterocycles. The lowest BCUT2D eigenvalue weighted by Gasteiger charge is -2.24. The molecule has 1 aliphatic heterocycles. The molecule has 3 atom stereocenters. The summed E-state index contributed by atoms with van der Waals surface area (Å²) in [5.41, 5.74) is 2.26. The number of nitrogens with zero attached hydrogens (tertiary/aromatic N) is 2. The Morgan fingerprint density at radius 3 is 2.88 bits per heavy atom. The molecule has 5 heteroatoms. The van der Waals surface area contributed by atoms with Gasteiger partial charge in [-0.3, -0.25) is 9.48 Å². The van der Waals surface area contributed by atoms with Gasteiger partial charge < -0.3 is 10.6 Å². The quantitative estimate of drug-likeness (QED) is 0.880. The fraction of sp³-hybridized carbons (Fsp3) is 0.500. The van der Waals surface area contributed by atoms with Gasteiger partial charge in [0.15, 0.2) is 0 Å². The second-order valence-corrected chi connectivity index (χ2v) is 7.36. The number of fused-ring (bicyclic) bond motifs is 1. The molecule has 0 spiro atoms. The summed E-state index contributed by atoms with van der Waals surface area (Å²) in [6.07, 6.45) is 9.94. The maximum Gasteiger partial charge on any atom is 0.237 e. The zero-order valence-corrected chi connectivity index (χ0v) is 14.5. The molecule has 1 saturated carbocycles. The molecule has 1 saturated heterocycles. The van der Waals surface area contributed by atoms with Crippen molar-refractivity contribution in [3.05, 3.63) is 53.9 Å². The van der Waals surface area contributed by atoms with Gasteiger partial charge in [0.1, 0.15) is 0 Å². The molecule has 3 unspecified atom stereocenters. The minimum atomic E-state index is -0.0209. The molecule has 1 aromatic carbocycles. The van der Waals surface area contributed by atoms with Gasteiger partial charge in [-0.05, 0) is 30.7 Å². The van der Waals surface area contributed by atoms with Crippen LogP contribution < -0.4 is 10.6 Å². The molecular formula is C20H26N4O. The molecule has 0 bridgehead atoms. The highest BCUT2D eigenvalue weighted by Crippen LogP contribution is 2.33. The van der Waals surface area contributed by atoms with Crippen LogP contribution in [0.1, 0.15) is 43.2 Å². The number of hydrogen-bond acceptors (Lipinski definition) is 3. The van der Waals surface area contributed by atoms with E-state index < -0.39 is 0 Å². The van der Waals surface area contributed by atoms with Crippen LogP contribution in [0, 0.1) is 5.92 Å². The smallest absolute Gasteiger partial charge is 0.237 e. The summed E-state index contributed by atoms with van der Waals surface area (Å²) in [6.45, 7) is 1.30. The third-order valence-corrected chi connectivity index (χ3v) is 5.52. The third-order valence-electron chi connectivity index (χ3n) is 5.52. The highest BCUT2D eigenvalue weighted by atomic mass is 16.2. The van der Waals surface area contributed by atoms with Crippen LogP contribution in [0.15, 0.2) is 42.7 Å². The van der Waals surface area contributed by atoms with Gasteiger partial charge in [0.05, 0.1) is 18.8 Å². The van der Waals surface area contributed by atoms with Crippen molar-refractivity contribution in [1.29, 1.82) is 0 Å². The Labute approximate surface area is 148 Å². The number of aromatic nitrogens is 2. The van der Waals surface area contributed by atoms with E-state index >= 15 is 0 Å². The second-order valence-electron chi connectivity index (χ2n) is 7.36. The topological polar surface area (TPSA) is 59.0 Å². The Kier molecular flexibility index (Phi) is 4.83. The monoisotopic (exact) mass is 338 g/mol. The normalized spacial score (nSPS) is 25.5. The van der Waals surface area contributed by atoms with Crippen LogP contribution in [0.5, 0.6) is 0 Å². The van der Waals surface area contributed by atoms with Crippen LogP contribution in [0.2, 0.25) is 0 Å². The summed E-state index contributed by atoms with van der Waals surface area (Å²) in [5, 5.41) is 11.0. The lowest BCUT2D eigenvalue weighted by molar-refractivity contribution is -0.123. The molecule has 1 aliphatic carbocycles. The zero-order valence-electron chi connectivity index (χ0n) is 14.5. The number of rotatable bonds is 5. The SMILES string of the molecule is O=C(NCc1cnn(Cc2ccccc2)c1)C1CC2CCCCC2N1. The van der Waals surface area contributed by atoms with Gasteiger partial charge >= 0.3 is 0 Å². The summed E-state index contributed by atoms with van der Waals surface area (Å²) in [5.74, 6) is 0.823. The lowest BCUT2D eigenvalue weighted by atomic mass is 9.85. The van der Waals surface area contributed by atoms with Gasteiger partial charge in [-0.25, -0.2) is 0 Å². The van der Waals surface area contributed by atoms with Crippen molar-refractivity contribution < 1.29 is 4.79 Å². The van der Waals surface area contributed by atoms with Crippen molar-refractivity contribution in [2.75, 3.05) is 0 Å². The van der Waals surface area contributed by atoms with E-state index in [0.29, 0.717) is 18.5 Å². The van der Waals surface area contributed by atoms with Crippen LogP contribution in [0.25, 0.3) is 0 Å². The molecule has 5 nitrogen and oxygen atoms in total. The lowest BCUT2D eigenvalue weighted by Crippen LogP contribution is -2.42. The minimum absolute atomic E-state index is 0.0209.